The number of nitrogens with zero attached hydrogens (tertiary/aromatic N) is 3. The third-order valence-electron chi connectivity index (χ3n) is 5.60. The van der Waals surface area contributed by atoms with Gasteiger partial charge in [-0.25, -0.2) is 0 Å². The van der Waals surface area contributed by atoms with Crippen molar-refractivity contribution in [2.45, 2.75) is 54.1 Å². The SMILES string of the molecule is Cc1cc(C)n(CC(C)CNC(=O)c2cc(C)n(C(C)c3ccccc3)c2C)n1. The summed E-state index contributed by atoms with van der Waals surface area (Å²) in [7, 11) is 0. The summed E-state index contributed by atoms with van der Waals surface area (Å²) in [4.78, 5) is 12.9. The molecule has 0 spiro atoms. The Kier molecular flexibility index (Phi) is 6.26. The third kappa shape index (κ3) is 4.61. The zero-order valence-electron chi connectivity index (χ0n) is 18.4. The molecular weight excluding hydrogens is 360 g/mol. The molecule has 1 N–H and O–H groups in total. The molecule has 0 radical (unpaired) electrons. The van der Waals surface area contributed by atoms with Gasteiger partial charge in [0, 0.05) is 30.2 Å². The van der Waals surface area contributed by atoms with Crippen LogP contribution in [0.3, 0.4) is 0 Å². The molecule has 0 fully saturated rings. The quantitative estimate of drug-likeness (QED) is 0.639. The highest BCUT2D eigenvalue weighted by Gasteiger charge is 2.20. The fraction of sp³-hybridized carbons (Fsp3) is 0.417. The van der Waals surface area contributed by atoms with Crippen LogP contribution >= 0.6 is 0 Å². The summed E-state index contributed by atoms with van der Waals surface area (Å²) in [6.07, 6.45) is 0. The minimum atomic E-state index is -0.00942. The smallest absolute Gasteiger partial charge is 0.253 e. The van der Waals surface area contributed by atoms with Crippen LogP contribution in [0.15, 0.2) is 42.5 Å². The summed E-state index contributed by atoms with van der Waals surface area (Å²) in [5.74, 6) is 0.286. The minimum absolute atomic E-state index is 0.00942. The Morgan fingerprint density at radius 1 is 1.03 bits per heavy atom. The molecule has 0 saturated heterocycles. The largest absolute Gasteiger partial charge is 0.352 e. The van der Waals surface area contributed by atoms with E-state index in [-0.39, 0.29) is 11.9 Å². The number of carbonyl (C=O) groups excluding carboxylic acids is 1. The Bertz CT molecular complexity index is 984. The highest BCUT2D eigenvalue weighted by Crippen LogP contribution is 2.25. The van der Waals surface area contributed by atoms with Crippen LogP contribution in [0, 0.1) is 33.6 Å². The van der Waals surface area contributed by atoms with Crippen LogP contribution in [0.5, 0.6) is 0 Å². The van der Waals surface area contributed by atoms with Gasteiger partial charge in [0.25, 0.3) is 5.91 Å². The maximum atomic E-state index is 12.9. The van der Waals surface area contributed by atoms with Crippen LogP contribution in [0.4, 0.5) is 0 Å². The number of benzene rings is 1. The lowest BCUT2D eigenvalue weighted by Gasteiger charge is -2.19. The van der Waals surface area contributed by atoms with Gasteiger partial charge >= 0.3 is 0 Å². The maximum absolute atomic E-state index is 12.9. The van der Waals surface area contributed by atoms with Crippen molar-refractivity contribution in [1.29, 1.82) is 0 Å². The van der Waals surface area contributed by atoms with E-state index >= 15 is 0 Å². The number of rotatable bonds is 7. The van der Waals surface area contributed by atoms with Crippen LogP contribution in [0.25, 0.3) is 0 Å². The monoisotopic (exact) mass is 392 g/mol. The molecule has 0 aliphatic carbocycles. The van der Waals surface area contributed by atoms with Crippen molar-refractivity contribution in [1.82, 2.24) is 19.7 Å². The van der Waals surface area contributed by atoms with Crippen LogP contribution in [-0.4, -0.2) is 26.8 Å². The van der Waals surface area contributed by atoms with E-state index in [4.69, 9.17) is 0 Å². The Hall–Kier alpha value is -2.82. The first-order chi connectivity index (χ1) is 13.8. The van der Waals surface area contributed by atoms with Gasteiger partial charge in [-0.2, -0.15) is 5.10 Å². The molecule has 0 aliphatic heterocycles. The Balaban J connectivity index is 1.67. The molecule has 0 saturated carbocycles. The average molecular weight is 393 g/mol. The molecule has 5 nitrogen and oxygen atoms in total. The molecule has 3 rings (SSSR count). The van der Waals surface area contributed by atoms with E-state index in [0.717, 1.165) is 34.9 Å². The summed E-state index contributed by atoms with van der Waals surface area (Å²) in [5.41, 5.74) is 6.27. The van der Waals surface area contributed by atoms with Gasteiger partial charge < -0.3 is 9.88 Å². The lowest BCUT2D eigenvalue weighted by molar-refractivity contribution is 0.0945. The summed E-state index contributed by atoms with van der Waals surface area (Å²) in [6, 6.07) is 14.6. The third-order valence-corrected chi connectivity index (χ3v) is 5.60. The Labute approximate surface area is 173 Å². The molecule has 0 bridgehead atoms. The second kappa shape index (κ2) is 8.68. The summed E-state index contributed by atoms with van der Waals surface area (Å²) < 4.78 is 4.25. The molecule has 154 valence electrons. The fourth-order valence-electron chi connectivity index (χ4n) is 4.07. The fourth-order valence-corrected chi connectivity index (χ4v) is 4.07. The van der Waals surface area contributed by atoms with Crippen LogP contribution in [-0.2, 0) is 6.54 Å². The van der Waals surface area contributed by atoms with Gasteiger partial charge in [-0.15, -0.1) is 0 Å². The van der Waals surface area contributed by atoms with Gasteiger partial charge in [-0.05, 0) is 58.2 Å². The van der Waals surface area contributed by atoms with Gasteiger partial charge in [0.2, 0.25) is 0 Å². The van der Waals surface area contributed by atoms with Crippen LogP contribution in [0.1, 0.15) is 58.6 Å². The Morgan fingerprint density at radius 2 is 1.72 bits per heavy atom. The Morgan fingerprint density at radius 3 is 2.34 bits per heavy atom. The van der Waals surface area contributed by atoms with E-state index < -0.39 is 0 Å². The van der Waals surface area contributed by atoms with E-state index in [2.05, 4.69) is 73.0 Å². The van der Waals surface area contributed by atoms with Crippen LogP contribution in [0.2, 0.25) is 0 Å². The second-order valence-electron chi connectivity index (χ2n) is 8.17. The first-order valence-corrected chi connectivity index (χ1v) is 10.3. The number of carbonyl (C=O) groups is 1. The number of aromatic nitrogens is 3. The van der Waals surface area contributed by atoms with Crippen molar-refractivity contribution in [3.63, 3.8) is 0 Å². The van der Waals surface area contributed by atoms with Gasteiger partial charge in [-0.1, -0.05) is 37.3 Å². The molecular formula is C24H32N4O. The predicted molar refractivity (Wildman–Crippen MR) is 117 cm³/mol. The zero-order valence-corrected chi connectivity index (χ0v) is 18.4. The number of hydrogen-bond acceptors (Lipinski definition) is 2. The first-order valence-electron chi connectivity index (χ1n) is 10.3. The number of nitrogens with one attached hydrogen (secondary N) is 1. The minimum Gasteiger partial charge on any atom is -0.352 e. The van der Waals surface area contributed by atoms with Gasteiger partial charge in [0.05, 0.1) is 17.3 Å². The van der Waals surface area contributed by atoms with E-state index in [1.165, 1.54) is 5.56 Å². The molecule has 2 aromatic heterocycles. The van der Waals surface area contributed by atoms with Crippen molar-refractivity contribution in [3.05, 3.63) is 76.4 Å². The molecule has 2 unspecified atom stereocenters. The van der Waals surface area contributed by atoms with Gasteiger partial charge in [0.15, 0.2) is 0 Å². The van der Waals surface area contributed by atoms with Crippen LogP contribution < -0.4 is 5.32 Å². The zero-order chi connectivity index (χ0) is 21.1. The first kappa shape index (κ1) is 20.9. The second-order valence-corrected chi connectivity index (χ2v) is 8.17. The molecule has 0 aliphatic rings. The molecule has 29 heavy (non-hydrogen) atoms. The van der Waals surface area contributed by atoms with E-state index in [1.807, 2.05) is 30.7 Å². The number of aryl methyl sites for hydroxylation is 3. The topological polar surface area (TPSA) is 51.9 Å². The lowest BCUT2D eigenvalue weighted by atomic mass is 10.1. The van der Waals surface area contributed by atoms with Crippen molar-refractivity contribution in [3.8, 4) is 0 Å². The maximum Gasteiger partial charge on any atom is 0.253 e. The normalized spacial score (nSPS) is 13.3. The molecule has 5 heteroatoms. The predicted octanol–water partition coefficient (Wildman–Crippen LogP) is 4.59. The van der Waals surface area contributed by atoms with Crippen molar-refractivity contribution < 1.29 is 4.79 Å². The van der Waals surface area contributed by atoms with E-state index in [0.29, 0.717) is 12.5 Å². The lowest BCUT2D eigenvalue weighted by Crippen LogP contribution is -2.30. The highest BCUT2D eigenvalue weighted by atomic mass is 16.1. The van der Waals surface area contributed by atoms with Crippen molar-refractivity contribution >= 4 is 5.91 Å². The van der Waals surface area contributed by atoms with E-state index in [9.17, 15) is 4.79 Å². The van der Waals surface area contributed by atoms with Crippen molar-refractivity contribution in [2.75, 3.05) is 6.54 Å². The van der Waals surface area contributed by atoms with Crippen molar-refractivity contribution in [2.24, 2.45) is 5.92 Å². The average Bonchev–Trinajstić information content (AvgIpc) is 3.17. The molecule has 2 heterocycles. The standard InChI is InChI=1S/C24H32N4O/c1-16(15-27-18(3)12-17(2)26-27)14-25-24(29)23-13-19(4)28(21(23)6)20(5)22-10-8-7-9-11-22/h7-13,16,20H,14-15H2,1-6H3,(H,25,29). The summed E-state index contributed by atoms with van der Waals surface area (Å²) in [5, 5.41) is 7.63. The summed E-state index contributed by atoms with van der Waals surface area (Å²) in [6.45, 7) is 13.9. The molecule has 1 amide bonds. The van der Waals surface area contributed by atoms with Gasteiger partial charge in [0.1, 0.15) is 0 Å². The number of hydrogen-bond donors (Lipinski definition) is 1. The number of amides is 1. The molecule has 1 aromatic carbocycles. The van der Waals surface area contributed by atoms with Gasteiger partial charge in [-0.3, -0.25) is 9.48 Å². The molecule has 3 aromatic rings. The summed E-state index contributed by atoms with van der Waals surface area (Å²) >= 11 is 0. The molecule has 2 atom stereocenters. The van der Waals surface area contributed by atoms with E-state index in [1.54, 1.807) is 0 Å². The highest BCUT2D eigenvalue weighted by molar-refractivity contribution is 5.95.